The van der Waals surface area contributed by atoms with Crippen LogP contribution in [0.15, 0.2) is 30.3 Å². The number of fused-ring (bicyclic) bond motifs is 1. The van der Waals surface area contributed by atoms with Gasteiger partial charge in [0.2, 0.25) is 0 Å². The van der Waals surface area contributed by atoms with E-state index in [0.717, 1.165) is 35.5 Å². The van der Waals surface area contributed by atoms with Crippen molar-refractivity contribution in [2.24, 2.45) is 0 Å². The van der Waals surface area contributed by atoms with Gasteiger partial charge in [-0.2, -0.15) is 5.10 Å². The first-order valence-electron chi connectivity index (χ1n) is 9.34. The SMILES string of the molecule is O=C(O)c1ccc(-c2nc3c([nH]2)CN(C(=O)c2cc(C4CC4)[nH]n2)CC3)cc1. The Morgan fingerprint density at radius 2 is 1.96 bits per heavy atom. The second kappa shape index (κ2) is 6.33. The zero-order valence-corrected chi connectivity index (χ0v) is 15.1. The minimum absolute atomic E-state index is 0.0734. The van der Waals surface area contributed by atoms with E-state index in [1.165, 1.54) is 0 Å². The zero-order valence-electron chi connectivity index (χ0n) is 15.1. The highest BCUT2D eigenvalue weighted by Gasteiger charge is 2.29. The lowest BCUT2D eigenvalue weighted by Crippen LogP contribution is -2.36. The fraction of sp³-hybridized carbons (Fsp3) is 0.300. The molecule has 28 heavy (non-hydrogen) atoms. The van der Waals surface area contributed by atoms with Crippen molar-refractivity contribution in [2.75, 3.05) is 6.54 Å². The summed E-state index contributed by atoms with van der Waals surface area (Å²) < 4.78 is 0. The first-order chi connectivity index (χ1) is 13.6. The molecule has 1 amide bonds. The molecule has 5 rings (SSSR count). The summed E-state index contributed by atoms with van der Waals surface area (Å²) in [5.74, 6) is 0.190. The molecular formula is C20H19N5O3. The van der Waals surface area contributed by atoms with Gasteiger partial charge in [-0.1, -0.05) is 12.1 Å². The molecule has 3 heterocycles. The second-order valence-corrected chi connectivity index (χ2v) is 7.35. The Hall–Kier alpha value is -3.42. The fourth-order valence-corrected chi connectivity index (χ4v) is 3.59. The van der Waals surface area contributed by atoms with E-state index in [1.54, 1.807) is 29.2 Å². The van der Waals surface area contributed by atoms with Gasteiger partial charge < -0.3 is 15.0 Å². The molecule has 3 N–H and O–H groups in total. The smallest absolute Gasteiger partial charge is 0.335 e. The maximum Gasteiger partial charge on any atom is 0.335 e. The lowest BCUT2D eigenvalue weighted by atomic mass is 10.1. The second-order valence-electron chi connectivity index (χ2n) is 7.35. The van der Waals surface area contributed by atoms with Gasteiger partial charge in [-0.15, -0.1) is 0 Å². The van der Waals surface area contributed by atoms with Crippen LogP contribution in [-0.4, -0.2) is 48.6 Å². The third kappa shape index (κ3) is 2.96. The van der Waals surface area contributed by atoms with E-state index in [4.69, 9.17) is 5.11 Å². The number of H-pyrrole nitrogens is 2. The van der Waals surface area contributed by atoms with Crippen LogP contribution in [0.25, 0.3) is 11.4 Å². The molecule has 1 aromatic carbocycles. The molecule has 2 aromatic heterocycles. The lowest BCUT2D eigenvalue weighted by molar-refractivity contribution is 0.0694. The molecule has 1 fully saturated rings. The molecule has 8 nitrogen and oxygen atoms in total. The quantitative estimate of drug-likeness (QED) is 0.646. The van der Waals surface area contributed by atoms with E-state index in [9.17, 15) is 9.59 Å². The monoisotopic (exact) mass is 377 g/mol. The van der Waals surface area contributed by atoms with E-state index < -0.39 is 5.97 Å². The number of carbonyl (C=O) groups is 2. The summed E-state index contributed by atoms with van der Waals surface area (Å²) in [5, 5.41) is 16.2. The summed E-state index contributed by atoms with van der Waals surface area (Å²) in [4.78, 5) is 33.5. The van der Waals surface area contributed by atoms with Crippen molar-refractivity contribution in [1.29, 1.82) is 0 Å². The van der Waals surface area contributed by atoms with Crippen molar-refractivity contribution in [3.8, 4) is 11.4 Å². The predicted molar refractivity (Wildman–Crippen MR) is 100.0 cm³/mol. The maximum atomic E-state index is 12.8. The largest absolute Gasteiger partial charge is 0.478 e. The summed E-state index contributed by atoms with van der Waals surface area (Å²) >= 11 is 0. The van der Waals surface area contributed by atoms with Crippen molar-refractivity contribution >= 4 is 11.9 Å². The van der Waals surface area contributed by atoms with Gasteiger partial charge >= 0.3 is 5.97 Å². The molecule has 0 radical (unpaired) electrons. The number of hydrogen-bond donors (Lipinski definition) is 3. The number of nitrogens with one attached hydrogen (secondary N) is 2. The molecule has 0 saturated heterocycles. The van der Waals surface area contributed by atoms with Crippen LogP contribution >= 0.6 is 0 Å². The first-order valence-corrected chi connectivity index (χ1v) is 9.34. The molecule has 1 aliphatic carbocycles. The fourth-order valence-electron chi connectivity index (χ4n) is 3.59. The molecule has 2 aliphatic rings. The summed E-state index contributed by atoms with van der Waals surface area (Å²) in [7, 11) is 0. The molecule has 0 bridgehead atoms. The Labute approximate surface area is 160 Å². The highest BCUT2D eigenvalue weighted by molar-refractivity contribution is 5.92. The van der Waals surface area contributed by atoms with Gasteiger partial charge in [-0.05, 0) is 31.0 Å². The van der Waals surface area contributed by atoms with Gasteiger partial charge in [0.25, 0.3) is 5.91 Å². The van der Waals surface area contributed by atoms with E-state index in [0.29, 0.717) is 36.9 Å². The maximum absolute atomic E-state index is 12.8. The Morgan fingerprint density at radius 3 is 2.68 bits per heavy atom. The van der Waals surface area contributed by atoms with Gasteiger partial charge in [-0.25, -0.2) is 9.78 Å². The number of carboxylic acids is 1. The summed E-state index contributed by atoms with van der Waals surface area (Å²) in [6.45, 7) is 1.06. The molecule has 1 saturated carbocycles. The molecule has 0 spiro atoms. The number of aromatic nitrogens is 4. The summed E-state index contributed by atoms with van der Waals surface area (Å²) in [6, 6.07) is 8.46. The summed E-state index contributed by atoms with van der Waals surface area (Å²) in [6.07, 6.45) is 2.99. The third-order valence-electron chi connectivity index (χ3n) is 5.36. The first kappa shape index (κ1) is 16.7. The van der Waals surface area contributed by atoms with Crippen LogP contribution in [-0.2, 0) is 13.0 Å². The van der Waals surface area contributed by atoms with Crippen molar-refractivity contribution in [1.82, 2.24) is 25.1 Å². The molecule has 0 atom stereocenters. The number of aromatic carboxylic acids is 1. The predicted octanol–water partition coefficient (Wildman–Crippen LogP) is 2.57. The molecular weight excluding hydrogens is 358 g/mol. The van der Waals surface area contributed by atoms with Crippen LogP contribution in [0.2, 0.25) is 0 Å². The van der Waals surface area contributed by atoms with Crippen LogP contribution in [0.4, 0.5) is 0 Å². The number of amides is 1. The zero-order chi connectivity index (χ0) is 19.3. The van der Waals surface area contributed by atoms with Crippen molar-refractivity contribution in [3.63, 3.8) is 0 Å². The van der Waals surface area contributed by atoms with E-state index in [1.807, 2.05) is 6.07 Å². The minimum atomic E-state index is -0.956. The van der Waals surface area contributed by atoms with Crippen LogP contribution in [0.1, 0.15) is 56.7 Å². The van der Waals surface area contributed by atoms with E-state index in [-0.39, 0.29) is 11.5 Å². The average molecular weight is 377 g/mol. The van der Waals surface area contributed by atoms with Crippen molar-refractivity contribution < 1.29 is 14.7 Å². The molecule has 3 aromatic rings. The number of hydrogen-bond acceptors (Lipinski definition) is 4. The van der Waals surface area contributed by atoms with Crippen molar-refractivity contribution in [3.05, 3.63) is 58.7 Å². The standard InChI is InChI=1S/C20H19N5O3/c26-19(16-9-15(23-24-16)11-1-2-11)25-8-7-14-17(10-25)22-18(21-14)12-3-5-13(6-4-12)20(27)28/h3-6,9,11H,1-2,7-8,10H2,(H,21,22)(H,23,24)(H,27,28). The highest BCUT2D eigenvalue weighted by atomic mass is 16.4. The Morgan fingerprint density at radius 1 is 1.18 bits per heavy atom. The number of aromatic amines is 2. The molecule has 0 unspecified atom stereocenters. The lowest BCUT2D eigenvalue weighted by Gasteiger charge is -2.25. The van der Waals surface area contributed by atoms with Gasteiger partial charge in [0.15, 0.2) is 0 Å². The van der Waals surface area contributed by atoms with Gasteiger partial charge in [0.1, 0.15) is 11.5 Å². The van der Waals surface area contributed by atoms with E-state index in [2.05, 4.69) is 20.2 Å². The number of nitrogens with zero attached hydrogens (tertiary/aromatic N) is 3. The number of carboxylic acid groups (broad SMARTS) is 1. The highest BCUT2D eigenvalue weighted by Crippen LogP contribution is 2.39. The third-order valence-corrected chi connectivity index (χ3v) is 5.36. The topological polar surface area (TPSA) is 115 Å². The number of carbonyl (C=O) groups excluding carboxylic acids is 1. The van der Waals surface area contributed by atoms with Gasteiger partial charge in [0, 0.05) is 30.1 Å². The van der Waals surface area contributed by atoms with Crippen LogP contribution in [0.3, 0.4) is 0 Å². The van der Waals surface area contributed by atoms with Crippen LogP contribution < -0.4 is 0 Å². The molecule has 142 valence electrons. The normalized spacial score (nSPS) is 16.1. The summed E-state index contributed by atoms with van der Waals surface area (Å²) in [5.41, 5.74) is 4.43. The number of imidazole rings is 1. The van der Waals surface area contributed by atoms with Gasteiger partial charge in [0.05, 0.1) is 23.5 Å². The molecule has 1 aliphatic heterocycles. The molecule has 8 heteroatoms. The Balaban J connectivity index is 1.34. The number of rotatable bonds is 4. The van der Waals surface area contributed by atoms with Gasteiger partial charge in [-0.3, -0.25) is 9.89 Å². The van der Waals surface area contributed by atoms with Crippen molar-refractivity contribution in [2.45, 2.75) is 31.7 Å². The van der Waals surface area contributed by atoms with Crippen LogP contribution in [0.5, 0.6) is 0 Å². The Kier molecular flexibility index (Phi) is 3.78. The van der Waals surface area contributed by atoms with Crippen LogP contribution in [0, 0.1) is 0 Å². The Bertz CT molecular complexity index is 1060. The van der Waals surface area contributed by atoms with E-state index >= 15 is 0 Å². The average Bonchev–Trinajstić information content (AvgIpc) is 3.28. The minimum Gasteiger partial charge on any atom is -0.478 e. The number of benzene rings is 1.